The van der Waals surface area contributed by atoms with Gasteiger partial charge in [0.05, 0.1) is 11.1 Å². The third kappa shape index (κ3) is 3.24. The van der Waals surface area contributed by atoms with Crippen molar-refractivity contribution in [2.45, 2.75) is 0 Å². The summed E-state index contributed by atoms with van der Waals surface area (Å²) >= 11 is 0. The lowest BCUT2D eigenvalue weighted by Gasteiger charge is -1.95. The minimum atomic E-state index is -1.00. The van der Waals surface area contributed by atoms with Gasteiger partial charge in [-0.1, -0.05) is 17.9 Å². The maximum atomic E-state index is 10.8. The highest BCUT2D eigenvalue weighted by atomic mass is 16.4. The molecule has 0 radical (unpaired) electrons. The minimum Gasteiger partial charge on any atom is -0.478 e. The summed E-state index contributed by atoms with van der Waals surface area (Å²) in [6, 6.07) is 12.5. The Bertz CT molecular complexity index is 718. The molecule has 0 saturated heterocycles. The summed E-state index contributed by atoms with van der Waals surface area (Å²) in [5.74, 6) is 3.71. The molecule has 2 aromatic carbocycles. The lowest BCUT2D eigenvalue weighted by atomic mass is 10.1. The van der Waals surface area contributed by atoms with Gasteiger partial charge in [0, 0.05) is 11.1 Å². The Morgan fingerprint density at radius 3 is 1.95 bits per heavy atom. The Hall–Kier alpha value is -3.06. The molecule has 4 nitrogen and oxygen atoms in total. The van der Waals surface area contributed by atoms with E-state index in [0.29, 0.717) is 11.1 Å². The fraction of sp³-hybridized carbons (Fsp3) is 0. The monoisotopic (exact) mass is 266 g/mol. The number of hydrogen-bond donors (Lipinski definition) is 2. The molecular formula is C16H10O4. The van der Waals surface area contributed by atoms with E-state index in [0.717, 1.165) is 0 Å². The van der Waals surface area contributed by atoms with Gasteiger partial charge < -0.3 is 10.2 Å². The Morgan fingerprint density at radius 2 is 1.35 bits per heavy atom. The predicted molar refractivity (Wildman–Crippen MR) is 72.8 cm³/mol. The molecule has 0 aliphatic rings. The van der Waals surface area contributed by atoms with E-state index in [1.165, 1.54) is 24.3 Å². The van der Waals surface area contributed by atoms with Crippen molar-refractivity contribution in [1.82, 2.24) is 0 Å². The first kappa shape index (κ1) is 13.4. The number of benzene rings is 2. The van der Waals surface area contributed by atoms with E-state index in [1.807, 2.05) is 0 Å². The van der Waals surface area contributed by atoms with E-state index in [4.69, 9.17) is 10.2 Å². The summed E-state index contributed by atoms with van der Waals surface area (Å²) in [5.41, 5.74) is 1.63. The smallest absolute Gasteiger partial charge is 0.335 e. The van der Waals surface area contributed by atoms with Crippen LogP contribution in [0.25, 0.3) is 0 Å². The van der Waals surface area contributed by atoms with Crippen LogP contribution in [0.4, 0.5) is 0 Å². The second-order valence-corrected chi connectivity index (χ2v) is 4.02. The fourth-order valence-corrected chi connectivity index (χ4v) is 1.57. The van der Waals surface area contributed by atoms with E-state index in [1.54, 1.807) is 24.3 Å². The molecule has 0 heterocycles. The van der Waals surface area contributed by atoms with Gasteiger partial charge in [0.2, 0.25) is 0 Å². The first-order valence-electron chi connectivity index (χ1n) is 5.75. The number of aromatic carboxylic acids is 2. The highest BCUT2D eigenvalue weighted by Gasteiger charge is 2.02. The number of rotatable bonds is 2. The first-order chi connectivity index (χ1) is 9.56. The lowest BCUT2D eigenvalue weighted by Crippen LogP contribution is -1.96. The van der Waals surface area contributed by atoms with Gasteiger partial charge >= 0.3 is 11.9 Å². The van der Waals surface area contributed by atoms with E-state index < -0.39 is 11.9 Å². The minimum absolute atomic E-state index is 0.179. The highest BCUT2D eigenvalue weighted by Crippen LogP contribution is 2.06. The molecule has 0 fully saturated rings. The van der Waals surface area contributed by atoms with E-state index >= 15 is 0 Å². The Kier molecular flexibility index (Phi) is 3.82. The van der Waals surface area contributed by atoms with Gasteiger partial charge in [0.1, 0.15) is 0 Å². The number of carbonyl (C=O) groups is 2. The van der Waals surface area contributed by atoms with Crippen molar-refractivity contribution in [2.24, 2.45) is 0 Å². The van der Waals surface area contributed by atoms with Crippen LogP contribution in [0.3, 0.4) is 0 Å². The van der Waals surface area contributed by atoms with Gasteiger partial charge in [0.25, 0.3) is 0 Å². The molecule has 98 valence electrons. The maximum absolute atomic E-state index is 10.8. The van der Waals surface area contributed by atoms with Crippen LogP contribution in [0.15, 0.2) is 48.5 Å². The Labute approximate surface area is 115 Å². The van der Waals surface area contributed by atoms with Gasteiger partial charge in [-0.25, -0.2) is 9.59 Å². The van der Waals surface area contributed by atoms with Gasteiger partial charge in [-0.15, -0.1) is 0 Å². The van der Waals surface area contributed by atoms with E-state index in [-0.39, 0.29) is 11.1 Å². The van der Waals surface area contributed by atoms with Crippen LogP contribution in [0.5, 0.6) is 0 Å². The van der Waals surface area contributed by atoms with Crippen molar-refractivity contribution in [3.8, 4) is 11.8 Å². The molecule has 0 bridgehead atoms. The third-order valence-electron chi connectivity index (χ3n) is 2.59. The largest absolute Gasteiger partial charge is 0.478 e. The summed E-state index contributed by atoms with van der Waals surface area (Å²) in [7, 11) is 0. The molecule has 4 heteroatoms. The quantitative estimate of drug-likeness (QED) is 0.819. The molecule has 0 spiro atoms. The lowest BCUT2D eigenvalue weighted by molar-refractivity contribution is 0.0686. The molecule has 2 aromatic rings. The normalized spacial score (nSPS) is 9.40. The van der Waals surface area contributed by atoms with Crippen LogP contribution in [0, 0.1) is 11.8 Å². The second kappa shape index (κ2) is 5.72. The topological polar surface area (TPSA) is 74.6 Å². The zero-order valence-electron chi connectivity index (χ0n) is 10.3. The third-order valence-corrected chi connectivity index (χ3v) is 2.59. The zero-order chi connectivity index (χ0) is 14.5. The number of carboxylic acid groups (broad SMARTS) is 2. The molecule has 0 unspecified atom stereocenters. The summed E-state index contributed by atoms with van der Waals surface area (Å²) in [5, 5.41) is 17.6. The van der Waals surface area contributed by atoms with Crippen LogP contribution < -0.4 is 0 Å². The van der Waals surface area contributed by atoms with Crippen molar-refractivity contribution in [3.63, 3.8) is 0 Å². The summed E-state index contributed by atoms with van der Waals surface area (Å²) in [6.45, 7) is 0. The van der Waals surface area contributed by atoms with E-state index in [2.05, 4.69) is 11.8 Å². The van der Waals surface area contributed by atoms with Crippen molar-refractivity contribution in [2.75, 3.05) is 0 Å². The SMILES string of the molecule is O=C(O)c1ccc(C#Cc2cccc(C(=O)O)c2)cc1. The Balaban J connectivity index is 2.24. The van der Waals surface area contributed by atoms with Crippen molar-refractivity contribution in [3.05, 3.63) is 70.8 Å². The summed E-state index contributed by atoms with van der Waals surface area (Å²) in [6.07, 6.45) is 0. The number of carboxylic acids is 2. The second-order valence-electron chi connectivity index (χ2n) is 4.02. The maximum Gasteiger partial charge on any atom is 0.335 e. The van der Waals surface area contributed by atoms with Crippen molar-refractivity contribution in [1.29, 1.82) is 0 Å². The first-order valence-corrected chi connectivity index (χ1v) is 5.75. The van der Waals surface area contributed by atoms with Crippen molar-refractivity contribution >= 4 is 11.9 Å². The summed E-state index contributed by atoms with van der Waals surface area (Å²) < 4.78 is 0. The zero-order valence-corrected chi connectivity index (χ0v) is 10.3. The van der Waals surface area contributed by atoms with Crippen LogP contribution in [0.2, 0.25) is 0 Å². The predicted octanol–water partition coefficient (Wildman–Crippen LogP) is 2.48. The molecule has 2 N–H and O–H groups in total. The summed E-state index contributed by atoms with van der Waals surface area (Å²) in [4.78, 5) is 21.5. The molecule has 0 saturated carbocycles. The van der Waals surface area contributed by atoms with Crippen LogP contribution in [-0.2, 0) is 0 Å². The van der Waals surface area contributed by atoms with E-state index in [9.17, 15) is 9.59 Å². The average molecular weight is 266 g/mol. The molecule has 20 heavy (non-hydrogen) atoms. The molecule has 0 aromatic heterocycles. The fourth-order valence-electron chi connectivity index (χ4n) is 1.57. The van der Waals surface area contributed by atoms with Crippen LogP contribution in [-0.4, -0.2) is 22.2 Å². The molecule has 0 amide bonds. The molecule has 0 aliphatic heterocycles. The molecule has 0 atom stereocenters. The molecule has 2 rings (SSSR count). The van der Waals surface area contributed by atoms with Gasteiger partial charge in [-0.2, -0.15) is 0 Å². The molecular weight excluding hydrogens is 256 g/mol. The molecule has 0 aliphatic carbocycles. The van der Waals surface area contributed by atoms with Gasteiger partial charge in [0.15, 0.2) is 0 Å². The van der Waals surface area contributed by atoms with Crippen molar-refractivity contribution < 1.29 is 19.8 Å². The number of hydrogen-bond acceptors (Lipinski definition) is 2. The van der Waals surface area contributed by atoms with Crippen LogP contribution >= 0.6 is 0 Å². The van der Waals surface area contributed by atoms with Crippen LogP contribution in [0.1, 0.15) is 31.8 Å². The Morgan fingerprint density at radius 1 is 0.750 bits per heavy atom. The van der Waals surface area contributed by atoms with Gasteiger partial charge in [-0.3, -0.25) is 0 Å². The van der Waals surface area contributed by atoms with Gasteiger partial charge in [-0.05, 0) is 42.5 Å². The highest BCUT2D eigenvalue weighted by molar-refractivity contribution is 5.88. The standard InChI is InChI=1S/C16H10O4/c17-15(18)13-8-6-11(7-9-13)4-5-12-2-1-3-14(10-12)16(19)20/h1-3,6-10H,(H,17,18)(H,19,20). The average Bonchev–Trinajstić information content (AvgIpc) is 2.46.